The van der Waals surface area contributed by atoms with Gasteiger partial charge in [0.05, 0.1) is 22.7 Å². The number of imide groups is 1. The van der Waals surface area contributed by atoms with E-state index in [4.69, 9.17) is 0 Å². The van der Waals surface area contributed by atoms with Crippen molar-refractivity contribution in [2.75, 3.05) is 10.2 Å². The van der Waals surface area contributed by atoms with Gasteiger partial charge in [0, 0.05) is 11.6 Å². The van der Waals surface area contributed by atoms with Gasteiger partial charge in [-0.1, -0.05) is 24.6 Å². The maximum Gasteiger partial charge on any atom is 0.391 e. The number of carbonyl (C=O) groups is 3. The quantitative estimate of drug-likeness (QED) is 0.732. The highest BCUT2D eigenvalue weighted by Crippen LogP contribution is 2.40. The lowest BCUT2D eigenvalue weighted by molar-refractivity contribution is -0.185. The molecule has 156 valence electrons. The minimum atomic E-state index is -4.30. The molecule has 2 aromatic rings. The van der Waals surface area contributed by atoms with Crippen LogP contribution in [0.15, 0.2) is 48.5 Å². The molecular weight excluding hydrogens is 397 g/mol. The van der Waals surface area contributed by atoms with E-state index in [1.165, 1.54) is 6.07 Å². The Morgan fingerprint density at radius 1 is 0.967 bits per heavy atom. The molecule has 30 heavy (non-hydrogen) atoms. The number of rotatable bonds is 3. The Hall–Kier alpha value is -3.16. The van der Waals surface area contributed by atoms with Crippen molar-refractivity contribution in [2.24, 2.45) is 11.8 Å². The number of fused-ring (bicyclic) bond motifs is 1. The molecule has 0 spiro atoms. The van der Waals surface area contributed by atoms with E-state index in [0.29, 0.717) is 29.7 Å². The Morgan fingerprint density at radius 2 is 1.63 bits per heavy atom. The summed E-state index contributed by atoms with van der Waals surface area (Å²) in [5.74, 6) is -3.60. The number of hydrogen-bond donors (Lipinski definition) is 1. The van der Waals surface area contributed by atoms with E-state index in [-0.39, 0.29) is 18.5 Å². The first-order valence-corrected chi connectivity index (χ1v) is 9.71. The van der Waals surface area contributed by atoms with Gasteiger partial charge >= 0.3 is 6.18 Å². The van der Waals surface area contributed by atoms with Crippen molar-refractivity contribution in [3.63, 3.8) is 0 Å². The number of hydrogen-bond acceptors (Lipinski definition) is 3. The number of anilines is 2. The van der Waals surface area contributed by atoms with Crippen molar-refractivity contribution >= 4 is 29.1 Å². The largest absolute Gasteiger partial charge is 0.391 e. The molecule has 1 N–H and O–H groups in total. The zero-order valence-corrected chi connectivity index (χ0v) is 15.9. The Labute approximate surface area is 170 Å². The number of nitrogens with zero attached hydrogens (tertiary/aromatic N) is 1. The number of benzene rings is 2. The molecular formula is C22H19F3N2O3. The van der Waals surface area contributed by atoms with Crippen LogP contribution < -0.4 is 10.2 Å². The summed E-state index contributed by atoms with van der Waals surface area (Å²) in [6.45, 7) is 0. The van der Waals surface area contributed by atoms with Crippen LogP contribution in [0, 0.1) is 11.8 Å². The van der Waals surface area contributed by atoms with Crippen LogP contribution in [-0.2, 0) is 4.79 Å². The van der Waals surface area contributed by atoms with Gasteiger partial charge in [-0.05, 0) is 49.6 Å². The smallest absolute Gasteiger partial charge is 0.326 e. The molecule has 1 heterocycles. The molecule has 3 amide bonds. The maximum atomic E-state index is 13.0. The van der Waals surface area contributed by atoms with Gasteiger partial charge in [0.1, 0.15) is 0 Å². The second-order valence-electron chi connectivity index (χ2n) is 7.63. The molecule has 2 aromatic carbocycles. The standard InChI is InChI=1S/C22H19F3N2O3/c23-22(24,25)14-6-3-5-13(11-14)19(28)26-15-7-4-8-16(12-15)27-20(29)17-9-1-2-10-18(17)21(27)30/h1-2,4,7-10,12-14H,3,5-6,11H2,(H,26,28). The summed E-state index contributed by atoms with van der Waals surface area (Å²) in [5.41, 5.74) is 1.22. The van der Waals surface area contributed by atoms with Crippen LogP contribution >= 0.6 is 0 Å². The number of halogens is 3. The summed E-state index contributed by atoms with van der Waals surface area (Å²) >= 11 is 0. The van der Waals surface area contributed by atoms with Crippen molar-refractivity contribution in [1.82, 2.24) is 0 Å². The molecule has 8 heteroatoms. The predicted octanol–water partition coefficient (Wildman–Crippen LogP) is 4.79. The van der Waals surface area contributed by atoms with Gasteiger partial charge in [0.2, 0.25) is 5.91 Å². The summed E-state index contributed by atoms with van der Waals surface area (Å²) in [5, 5.41) is 2.64. The minimum absolute atomic E-state index is 0.0442. The van der Waals surface area contributed by atoms with Crippen molar-refractivity contribution in [1.29, 1.82) is 0 Å². The van der Waals surface area contributed by atoms with Crippen LogP contribution in [0.1, 0.15) is 46.4 Å². The van der Waals surface area contributed by atoms with Crippen molar-refractivity contribution < 1.29 is 27.6 Å². The van der Waals surface area contributed by atoms with Crippen LogP contribution in [0.5, 0.6) is 0 Å². The zero-order valence-electron chi connectivity index (χ0n) is 15.9. The average molecular weight is 416 g/mol. The van der Waals surface area contributed by atoms with E-state index in [0.717, 1.165) is 4.90 Å². The van der Waals surface area contributed by atoms with E-state index in [9.17, 15) is 27.6 Å². The third kappa shape index (κ3) is 3.69. The molecule has 4 rings (SSSR count). The molecule has 1 fully saturated rings. The highest BCUT2D eigenvalue weighted by Gasteiger charge is 2.43. The Morgan fingerprint density at radius 3 is 2.27 bits per heavy atom. The molecule has 0 bridgehead atoms. The Balaban J connectivity index is 1.50. The zero-order chi connectivity index (χ0) is 21.5. The van der Waals surface area contributed by atoms with Crippen LogP contribution in [0.3, 0.4) is 0 Å². The SMILES string of the molecule is O=C(Nc1cccc(N2C(=O)c3ccccc3C2=O)c1)C1CCCC(C(F)(F)F)C1. The van der Waals surface area contributed by atoms with E-state index < -0.39 is 35.7 Å². The van der Waals surface area contributed by atoms with Crippen LogP contribution in [0.25, 0.3) is 0 Å². The molecule has 1 aliphatic heterocycles. The first kappa shape index (κ1) is 20.1. The topological polar surface area (TPSA) is 66.5 Å². The normalized spacial score (nSPS) is 21.5. The number of carbonyl (C=O) groups excluding carboxylic acids is 3. The van der Waals surface area contributed by atoms with E-state index in [1.54, 1.807) is 42.5 Å². The second-order valence-corrected chi connectivity index (χ2v) is 7.63. The van der Waals surface area contributed by atoms with Crippen molar-refractivity contribution in [2.45, 2.75) is 31.9 Å². The fourth-order valence-electron chi connectivity index (χ4n) is 4.12. The summed E-state index contributed by atoms with van der Waals surface area (Å²) < 4.78 is 39.0. The fourth-order valence-corrected chi connectivity index (χ4v) is 4.12. The first-order valence-electron chi connectivity index (χ1n) is 9.71. The summed E-state index contributed by atoms with van der Waals surface area (Å²) in [4.78, 5) is 38.8. The highest BCUT2D eigenvalue weighted by atomic mass is 19.4. The molecule has 5 nitrogen and oxygen atoms in total. The van der Waals surface area contributed by atoms with E-state index in [2.05, 4.69) is 5.32 Å². The van der Waals surface area contributed by atoms with Crippen LogP contribution in [0.4, 0.5) is 24.5 Å². The maximum absolute atomic E-state index is 13.0. The number of amides is 3. The third-order valence-electron chi connectivity index (χ3n) is 5.67. The molecule has 2 aliphatic rings. The molecule has 2 unspecified atom stereocenters. The van der Waals surface area contributed by atoms with Gasteiger partial charge in [-0.2, -0.15) is 13.2 Å². The van der Waals surface area contributed by atoms with Crippen LogP contribution in [0.2, 0.25) is 0 Å². The van der Waals surface area contributed by atoms with Crippen molar-refractivity contribution in [3.8, 4) is 0 Å². The average Bonchev–Trinajstić information content (AvgIpc) is 2.98. The molecule has 0 aromatic heterocycles. The third-order valence-corrected chi connectivity index (χ3v) is 5.67. The minimum Gasteiger partial charge on any atom is -0.326 e. The van der Waals surface area contributed by atoms with Gasteiger partial charge in [-0.3, -0.25) is 14.4 Å². The van der Waals surface area contributed by atoms with Gasteiger partial charge in [0.15, 0.2) is 0 Å². The van der Waals surface area contributed by atoms with Gasteiger partial charge in [-0.25, -0.2) is 4.90 Å². The van der Waals surface area contributed by atoms with E-state index >= 15 is 0 Å². The highest BCUT2D eigenvalue weighted by molar-refractivity contribution is 6.34. The second kappa shape index (κ2) is 7.59. The molecule has 0 radical (unpaired) electrons. The summed E-state index contributed by atoms with van der Waals surface area (Å²) in [6, 6.07) is 12.7. The Kier molecular flexibility index (Phi) is 5.09. The summed E-state index contributed by atoms with van der Waals surface area (Å²) in [7, 11) is 0. The van der Waals surface area contributed by atoms with Crippen LogP contribution in [-0.4, -0.2) is 23.9 Å². The van der Waals surface area contributed by atoms with Gasteiger partial charge in [-0.15, -0.1) is 0 Å². The first-order chi connectivity index (χ1) is 14.3. The van der Waals surface area contributed by atoms with Gasteiger partial charge < -0.3 is 5.32 Å². The lowest BCUT2D eigenvalue weighted by atomic mass is 9.80. The number of alkyl halides is 3. The number of nitrogens with one attached hydrogen (secondary N) is 1. The molecule has 0 saturated heterocycles. The molecule has 2 atom stereocenters. The molecule has 1 saturated carbocycles. The predicted molar refractivity (Wildman–Crippen MR) is 104 cm³/mol. The lowest BCUT2D eigenvalue weighted by Gasteiger charge is -2.29. The molecule has 1 aliphatic carbocycles. The monoisotopic (exact) mass is 416 g/mol. The van der Waals surface area contributed by atoms with E-state index in [1.807, 2.05) is 0 Å². The summed E-state index contributed by atoms with van der Waals surface area (Å²) in [6.07, 6.45) is -3.74. The Bertz CT molecular complexity index is 984. The van der Waals surface area contributed by atoms with Gasteiger partial charge in [0.25, 0.3) is 11.8 Å². The lowest BCUT2D eigenvalue weighted by Crippen LogP contribution is -2.34. The fraction of sp³-hybridized carbons (Fsp3) is 0.318. The van der Waals surface area contributed by atoms with Crippen molar-refractivity contribution in [3.05, 3.63) is 59.7 Å².